The largest absolute Gasteiger partial charge is 0.496 e. The molecule has 2 aromatic rings. The molecular formula is C17H15O. The monoisotopic (exact) mass is 235 g/mol. The van der Waals surface area contributed by atoms with Gasteiger partial charge in [0.25, 0.3) is 0 Å². The second kappa shape index (κ2) is 4.02. The Balaban J connectivity index is 2.50. The Morgan fingerprint density at radius 1 is 1.06 bits per heavy atom. The first-order chi connectivity index (χ1) is 8.72. The van der Waals surface area contributed by atoms with Crippen molar-refractivity contribution in [2.24, 2.45) is 0 Å². The van der Waals surface area contributed by atoms with E-state index in [1.165, 1.54) is 21.9 Å². The molecule has 0 saturated carbocycles. The van der Waals surface area contributed by atoms with Crippen molar-refractivity contribution in [3.63, 3.8) is 0 Å². The molecule has 18 heavy (non-hydrogen) atoms. The first-order valence-electron chi connectivity index (χ1n) is 6.10. The molecule has 1 aliphatic carbocycles. The number of hydrogen-bond donors (Lipinski definition) is 0. The van der Waals surface area contributed by atoms with E-state index in [0.29, 0.717) is 0 Å². The third-order valence-corrected chi connectivity index (χ3v) is 3.38. The summed E-state index contributed by atoms with van der Waals surface area (Å²) in [6.45, 7) is 4.26. The van der Waals surface area contributed by atoms with Crippen LogP contribution < -0.4 is 15.2 Å². The zero-order chi connectivity index (χ0) is 12.7. The van der Waals surface area contributed by atoms with Gasteiger partial charge in [-0.2, -0.15) is 0 Å². The van der Waals surface area contributed by atoms with Crippen molar-refractivity contribution in [3.8, 4) is 16.9 Å². The van der Waals surface area contributed by atoms with E-state index >= 15 is 0 Å². The van der Waals surface area contributed by atoms with Crippen LogP contribution in [-0.2, 0) is 0 Å². The molecule has 0 heterocycles. The van der Waals surface area contributed by atoms with Crippen LogP contribution in [0.15, 0.2) is 36.4 Å². The molecule has 1 aliphatic rings. The second-order valence-electron chi connectivity index (χ2n) is 4.74. The topological polar surface area (TPSA) is 9.23 Å². The van der Waals surface area contributed by atoms with Gasteiger partial charge in [-0.15, -0.1) is 0 Å². The average molecular weight is 235 g/mol. The van der Waals surface area contributed by atoms with Crippen molar-refractivity contribution >= 4 is 11.6 Å². The minimum atomic E-state index is 0.924. The number of hydrogen-bond acceptors (Lipinski definition) is 1. The molecule has 0 saturated heterocycles. The van der Waals surface area contributed by atoms with E-state index in [1.54, 1.807) is 7.11 Å². The Labute approximate surface area is 107 Å². The third-order valence-electron chi connectivity index (χ3n) is 3.38. The lowest BCUT2D eigenvalue weighted by molar-refractivity contribution is 0.416. The Bertz CT molecular complexity index is 735. The van der Waals surface area contributed by atoms with Gasteiger partial charge in [-0.3, -0.25) is 0 Å². The number of benzene rings is 2. The van der Waals surface area contributed by atoms with Crippen LogP contribution in [0.3, 0.4) is 0 Å². The smallest absolute Gasteiger partial charge is 0.127 e. The van der Waals surface area contributed by atoms with Gasteiger partial charge in [0, 0.05) is 10.8 Å². The fourth-order valence-electron chi connectivity index (χ4n) is 2.51. The molecule has 0 bridgehead atoms. The van der Waals surface area contributed by atoms with Gasteiger partial charge < -0.3 is 4.74 Å². The van der Waals surface area contributed by atoms with Gasteiger partial charge in [-0.1, -0.05) is 35.9 Å². The zero-order valence-corrected chi connectivity index (χ0v) is 10.9. The van der Waals surface area contributed by atoms with Crippen molar-refractivity contribution in [2.45, 2.75) is 13.8 Å². The Morgan fingerprint density at radius 3 is 2.56 bits per heavy atom. The fourth-order valence-corrected chi connectivity index (χ4v) is 2.51. The van der Waals surface area contributed by atoms with Crippen LogP contribution in [-0.4, -0.2) is 7.11 Å². The summed E-state index contributed by atoms with van der Waals surface area (Å²) in [6.07, 6.45) is 3.50. The van der Waals surface area contributed by atoms with Crippen molar-refractivity contribution in [1.82, 2.24) is 0 Å². The second-order valence-corrected chi connectivity index (χ2v) is 4.74. The molecule has 0 amide bonds. The molecule has 2 aromatic carbocycles. The predicted molar refractivity (Wildman–Crippen MR) is 74.9 cm³/mol. The molecular weight excluding hydrogens is 220 g/mol. The lowest BCUT2D eigenvalue weighted by atomic mass is 10.0. The maximum Gasteiger partial charge on any atom is 0.127 e. The fraction of sp³-hybridized carbons (Fsp3) is 0.176. The van der Waals surface area contributed by atoms with E-state index in [0.717, 1.165) is 16.5 Å². The Morgan fingerprint density at radius 2 is 1.83 bits per heavy atom. The van der Waals surface area contributed by atoms with Gasteiger partial charge in [0.1, 0.15) is 5.75 Å². The number of methoxy groups -OCH3 is 1. The highest BCUT2D eigenvalue weighted by Gasteiger charge is 2.17. The van der Waals surface area contributed by atoms with Gasteiger partial charge in [0.15, 0.2) is 0 Å². The minimum Gasteiger partial charge on any atom is -0.496 e. The molecule has 1 radical (unpaired) electrons. The average Bonchev–Trinajstić information content (AvgIpc) is 2.76. The standard InChI is InChI=1S/C17H15O/c1-11(2)13-8-9-16(18-3)17-14-7-5-4-6-12(14)10-15(13)17/h4-9H,1-3H3. The summed E-state index contributed by atoms with van der Waals surface area (Å²) < 4.78 is 5.50. The quantitative estimate of drug-likeness (QED) is 0.630. The summed E-state index contributed by atoms with van der Waals surface area (Å²) in [5.41, 5.74) is 4.84. The Kier molecular flexibility index (Phi) is 2.48. The van der Waals surface area contributed by atoms with E-state index < -0.39 is 0 Å². The maximum absolute atomic E-state index is 5.50. The highest BCUT2D eigenvalue weighted by Crippen LogP contribution is 2.32. The highest BCUT2D eigenvalue weighted by atomic mass is 16.5. The SMILES string of the molecule is COc1ccc(=C(C)C)c2c1-c1ccccc1[C]=2. The number of ether oxygens (including phenoxy) is 1. The molecule has 0 unspecified atom stereocenters. The molecule has 0 fully saturated rings. The van der Waals surface area contributed by atoms with E-state index in [1.807, 2.05) is 12.1 Å². The summed E-state index contributed by atoms with van der Waals surface area (Å²) in [5, 5.41) is 2.41. The van der Waals surface area contributed by atoms with Crippen LogP contribution in [0.4, 0.5) is 0 Å². The minimum absolute atomic E-state index is 0.924. The lowest BCUT2D eigenvalue weighted by Crippen LogP contribution is -2.26. The highest BCUT2D eigenvalue weighted by molar-refractivity contribution is 5.86. The molecule has 0 spiro atoms. The molecule has 0 aromatic heterocycles. The van der Waals surface area contributed by atoms with E-state index in [4.69, 9.17) is 4.74 Å². The van der Waals surface area contributed by atoms with Crippen LogP contribution in [0.1, 0.15) is 19.4 Å². The molecule has 0 atom stereocenters. The molecule has 0 aliphatic heterocycles. The van der Waals surface area contributed by atoms with Crippen LogP contribution >= 0.6 is 0 Å². The van der Waals surface area contributed by atoms with E-state index in [2.05, 4.69) is 44.2 Å². The summed E-state index contributed by atoms with van der Waals surface area (Å²) in [4.78, 5) is 0. The summed E-state index contributed by atoms with van der Waals surface area (Å²) in [5.74, 6) is 0.924. The predicted octanol–water partition coefficient (Wildman–Crippen LogP) is 2.57. The van der Waals surface area contributed by atoms with Gasteiger partial charge in [0.2, 0.25) is 0 Å². The number of rotatable bonds is 1. The van der Waals surface area contributed by atoms with Crippen LogP contribution in [0.5, 0.6) is 5.75 Å². The molecule has 1 heteroatoms. The van der Waals surface area contributed by atoms with Crippen LogP contribution in [0.2, 0.25) is 0 Å². The van der Waals surface area contributed by atoms with Gasteiger partial charge in [0.05, 0.1) is 7.11 Å². The third kappa shape index (κ3) is 1.47. The molecule has 89 valence electrons. The molecule has 0 N–H and O–H groups in total. The van der Waals surface area contributed by atoms with Crippen molar-refractivity contribution in [1.29, 1.82) is 0 Å². The van der Waals surface area contributed by atoms with Crippen molar-refractivity contribution in [3.05, 3.63) is 52.4 Å². The van der Waals surface area contributed by atoms with Crippen LogP contribution in [0.25, 0.3) is 22.8 Å². The maximum atomic E-state index is 5.50. The van der Waals surface area contributed by atoms with Crippen molar-refractivity contribution < 1.29 is 4.74 Å². The first kappa shape index (κ1) is 11.1. The van der Waals surface area contributed by atoms with Gasteiger partial charge in [-0.25, -0.2) is 0 Å². The van der Waals surface area contributed by atoms with E-state index in [9.17, 15) is 0 Å². The first-order valence-corrected chi connectivity index (χ1v) is 6.10. The normalized spacial score (nSPS) is 11.5. The Hall–Kier alpha value is -2.02. The van der Waals surface area contributed by atoms with Gasteiger partial charge in [-0.05, 0) is 42.3 Å². The van der Waals surface area contributed by atoms with Gasteiger partial charge >= 0.3 is 0 Å². The lowest BCUT2D eigenvalue weighted by Gasteiger charge is -2.08. The molecule has 3 rings (SSSR count). The molecule has 1 nitrogen and oxygen atoms in total. The summed E-state index contributed by atoms with van der Waals surface area (Å²) in [6, 6.07) is 12.5. The van der Waals surface area contributed by atoms with E-state index in [-0.39, 0.29) is 0 Å². The summed E-state index contributed by atoms with van der Waals surface area (Å²) >= 11 is 0. The van der Waals surface area contributed by atoms with Crippen molar-refractivity contribution in [2.75, 3.05) is 7.11 Å². The summed E-state index contributed by atoms with van der Waals surface area (Å²) in [7, 11) is 1.72. The van der Waals surface area contributed by atoms with Crippen LogP contribution in [0, 0.1) is 0 Å². The number of fused-ring (bicyclic) bond motifs is 3. The zero-order valence-electron chi connectivity index (χ0n) is 10.9.